The summed E-state index contributed by atoms with van der Waals surface area (Å²) in [4.78, 5) is 6.27. The Hall–Kier alpha value is -2.16. The molecular weight excluding hydrogens is 210 g/mol. The molecule has 2 aromatic rings. The fourth-order valence-electron chi connectivity index (χ4n) is 2.12. The lowest BCUT2D eigenvalue weighted by atomic mass is 10.1. The average molecular weight is 223 g/mol. The minimum absolute atomic E-state index is 0.561. The van der Waals surface area contributed by atoms with Crippen molar-refractivity contribution in [3.05, 3.63) is 59.4 Å². The Bertz CT molecular complexity index is 572. The molecule has 84 valence electrons. The van der Waals surface area contributed by atoms with Gasteiger partial charge >= 0.3 is 0 Å². The van der Waals surface area contributed by atoms with E-state index in [0.29, 0.717) is 5.84 Å². The topological polar surface area (TPSA) is 40.0 Å². The van der Waals surface area contributed by atoms with E-state index in [4.69, 9.17) is 5.41 Å². The molecular formula is C14H13N3. The smallest absolute Gasteiger partial charge is 0.133 e. The van der Waals surface area contributed by atoms with Gasteiger partial charge in [-0.3, -0.25) is 10.4 Å². The van der Waals surface area contributed by atoms with Gasteiger partial charge in [0.2, 0.25) is 0 Å². The maximum absolute atomic E-state index is 8.18. The van der Waals surface area contributed by atoms with Crippen molar-refractivity contribution < 1.29 is 0 Å². The molecule has 1 aliphatic heterocycles. The van der Waals surface area contributed by atoms with Crippen molar-refractivity contribution in [2.75, 3.05) is 4.90 Å². The van der Waals surface area contributed by atoms with E-state index >= 15 is 0 Å². The third kappa shape index (κ3) is 1.60. The van der Waals surface area contributed by atoms with E-state index in [0.717, 1.165) is 23.5 Å². The third-order valence-corrected chi connectivity index (χ3v) is 3.08. The Morgan fingerprint density at radius 3 is 2.71 bits per heavy atom. The molecule has 3 rings (SSSR count). The number of benzene rings is 1. The molecule has 0 unspecified atom stereocenters. The van der Waals surface area contributed by atoms with Gasteiger partial charge in [0.1, 0.15) is 5.84 Å². The molecule has 1 aromatic carbocycles. The second-order valence-corrected chi connectivity index (χ2v) is 4.25. The molecule has 0 saturated heterocycles. The number of nitrogens with zero attached hydrogens (tertiary/aromatic N) is 2. The Labute approximate surface area is 100 Å². The van der Waals surface area contributed by atoms with Crippen molar-refractivity contribution in [2.45, 2.75) is 13.5 Å². The first-order chi connectivity index (χ1) is 8.25. The third-order valence-electron chi connectivity index (χ3n) is 3.08. The van der Waals surface area contributed by atoms with Crippen molar-refractivity contribution >= 4 is 11.5 Å². The van der Waals surface area contributed by atoms with Crippen molar-refractivity contribution in [3.63, 3.8) is 0 Å². The number of pyridine rings is 1. The van der Waals surface area contributed by atoms with E-state index < -0.39 is 0 Å². The summed E-state index contributed by atoms with van der Waals surface area (Å²) in [6.45, 7) is 2.73. The Balaban J connectivity index is 1.99. The summed E-state index contributed by atoms with van der Waals surface area (Å²) in [6, 6.07) is 12.1. The van der Waals surface area contributed by atoms with E-state index in [1.54, 1.807) is 0 Å². The summed E-state index contributed by atoms with van der Waals surface area (Å²) >= 11 is 0. The van der Waals surface area contributed by atoms with Gasteiger partial charge in [-0.15, -0.1) is 0 Å². The van der Waals surface area contributed by atoms with Crippen molar-refractivity contribution in [2.24, 2.45) is 0 Å². The molecule has 17 heavy (non-hydrogen) atoms. The molecule has 0 amide bonds. The second-order valence-electron chi connectivity index (χ2n) is 4.25. The zero-order chi connectivity index (χ0) is 11.8. The molecule has 0 fully saturated rings. The Morgan fingerprint density at radius 2 is 2.00 bits per heavy atom. The molecule has 2 heterocycles. The molecule has 3 heteroatoms. The zero-order valence-electron chi connectivity index (χ0n) is 9.64. The lowest BCUT2D eigenvalue weighted by molar-refractivity contribution is 1.03. The normalized spacial score (nSPS) is 13.9. The maximum Gasteiger partial charge on any atom is 0.133 e. The predicted octanol–water partition coefficient (Wildman–Crippen LogP) is 2.74. The van der Waals surface area contributed by atoms with Crippen LogP contribution in [0.4, 0.5) is 5.69 Å². The predicted molar refractivity (Wildman–Crippen MR) is 68.4 cm³/mol. The Kier molecular flexibility index (Phi) is 2.18. The molecule has 1 N–H and O–H groups in total. The van der Waals surface area contributed by atoms with Crippen LogP contribution >= 0.6 is 0 Å². The summed E-state index contributed by atoms with van der Waals surface area (Å²) in [5, 5.41) is 8.18. The zero-order valence-corrected chi connectivity index (χ0v) is 9.64. The van der Waals surface area contributed by atoms with Crippen LogP contribution in [-0.4, -0.2) is 10.8 Å². The first-order valence-corrected chi connectivity index (χ1v) is 5.63. The van der Waals surface area contributed by atoms with Crippen LogP contribution in [0.1, 0.15) is 16.8 Å². The molecule has 0 radical (unpaired) electrons. The molecule has 3 nitrogen and oxygen atoms in total. The molecule has 1 aromatic heterocycles. The van der Waals surface area contributed by atoms with Crippen LogP contribution in [0.5, 0.6) is 0 Å². The van der Waals surface area contributed by atoms with E-state index in [1.165, 1.54) is 5.56 Å². The summed E-state index contributed by atoms with van der Waals surface area (Å²) in [5.74, 6) is 0.561. The lowest BCUT2D eigenvalue weighted by Crippen LogP contribution is -2.23. The number of aromatic nitrogens is 1. The molecule has 0 saturated carbocycles. The molecule has 1 aliphatic rings. The van der Waals surface area contributed by atoms with Crippen LogP contribution in [0, 0.1) is 12.3 Å². The largest absolute Gasteiger partial charge is 0.320 e. The number of fused-ring (bicyclic) bond motifs is 1. The average Bonchev–Trinajstić information content (AvgIpc) is 2.69. The number of hydrogen-bond donors (Lipinski definition) is 1. The number of hydrogen-bond acceptors (Lipinski definition) is 2. The number of amidine groups is 1. The monoisotopic (exact) mass is 223 g/mol. The standard InChI is InChI=1S/C14H13N3/c1-10-6-7-12(8-16-10)17-9-11-4-2-3-5-13(11)14(17)15/h2-8,15H,9H2,1H3. The van der Waals surface area contributed by atoms with E-state index in [-0.39, 0.29) is 0 Å². The van der Waals surface area contributed by atoms with E-state index in [1.807, 2.05) is 48.4 Å². The van der Waals surface area contributed by atoms with Gasteiger partial charge in [0.15, 0.2) is 0 Å². The highest BCUT2D eigenvalue weighted by Gasteiger charge is 2.24. The summed E-state index contributed by atoms with van der Waals surface area (Å²) < 4.78 is 0. The molecule has 0 aliphatic carbocycles. The van der Waals surface area contributed by atoms with Gasteiger partial charge in [-0.2, -0.15) is 0 Å². The minimum Gasteiger partial charge on any atom is -0.320 e. The van der Waals surface area contributed by atoms with Gasteiger partial charge in [0.05, 0.1) is 18.4 Å². The maximum atomic E-state index is 8.18. The van der Waals surface area contributed by atoms with Gasteiger partial charge in [0.25, 0.3) is 0 Å². The second kappa shape index (κ2) is 3.70. The van der Waals surface area contributed by atoms with Crippen LogP contribution in [0.2, 0.25) is 0 Å². The lowest BCUT2D eigenvalue weighted by Gasteiger charge is -2.17. The van der Waals surface area contributed by atoms with Crippen LogP contribution in [0.15, 0.2) is 42.6 Å². The van der Waals surface area contributed by atoms with E-state index in [2.05, 4.69) is 11.1 Å². The van der Waals surface area contributed by atoms with Gasteiger partial charge in [-0.1, -0.05) is 24.3 Å². The highest BCUT2D eigenvalue weighted by Crippen LogP contribution is 2.27. The summed E-state index contributed by atoms with van der Waals surface area (Å²) in [6.07, 6.45) is 1.83. The molecule has 0 spiro atoms. The Morgan fingerprint density at radius 1 is 1.18 bits per heavy atom. The fraction of sp³-hybridized carbons (Fsp3) is 0.143. The summed E-state index contributed by atoms with van der Waals surface area (Å²) in [5.41, 5.74) is 4.21. The van der Waals surface area contributed by atoms with E-state index in [9.17, 15) is 0 Å². The number of rotatable bonds is 1. The van der Waals surface area contributed by atoms with Crippen LogP contribution in [0.3, 0.4) is 0 Å². The SMILES string of the molecule is Cc1ccc(N2Cc3ccccc3C2=N)cn1. The van der Waals surface area contributed by atoms with Crippen LogP contribution in [0.25, 0.3) is 0 Å². The minimum atomic E-state index is 0.561. The first-order valence-electron chi connectivity index (χ1n) is 5.63. The van der Waals surface area contributed by atoms with Gasteiger partial charge in [0, 0.05) is 11.3 Å². The molecule has 0 atom stereocenters. The van der Waals surface area contributed by atoms with Crippen molar-refractivity contribution in [3.8, 4) is 0 Å². The van der Waals surface area contributed by atoms with Crippen LogP contribution in [-0.2, 0) is 6.54 Å². The quantitative estimate of drug-likeness (QED) is 0.807. The van der Waals surface area contributed by atoms with Crippen LogP contribution < -0.4 is 4.90 Å². The van der Waals surface area contributed by atoms with Crippen molar-refractivity contribution in [1.82, 2.24) is 4.98 Å². The highest BCUT2D eigenvalue weighted by atomic mass is 15.2. The van der Waals surface area contributed by atoms with Crippen molar-refractivity contribution in [1.29, 1.82) is 5.41 Å². The fourth-order valence-corrected chi connectivity index (χ4v) is 2.12. The molecule has 0 bridgehead atoms. The van der Waals surface area contributed by atoms with Gasteiger partial charge in [-0.25, -0.2) is 0 Å². The number of anilines is 1. The number of nitrogens with one attached hydrogen (secondary N) is 1. The summed E-state index contributed by atoms with van der Waals surface area (Å²) in [7, 11) is 0. The highest BCUT2D eigenvalue weighted by molar-refractivity contribution is 6.11. The number of aryl methyl sites for hydroxylation is 1. The first kappa shape index (κ1) is 10.0. The van der Waals surface area contributed by atoms with Gasteiger partial charge < -0.3 is 4.90 Å². The van der Waals surface area contributed by atoms with Gasteiger partial charge in [-0.05, 0) is 24.6 Å².